The highest BCUT2D eigenvalue weighted by Crippen LogP contribution is 2.27. The lowest BCUT2D eigenvalue weighted by molar-refractivity contribution is 0.116. The maximum absolute atomic E-state index is 5.70. The minimum absolute atomic E-state index is 0.223. The Balaban J connectivity index is 2.10. The molecule has 6 heteroatoms. The lowest BCUT2D eigenvalue weighted by Crippen LogP contribution is -2.43. The Hall–Kier alpha value is -0.430. The molecule has 0 spiro atoms. The highest BCUT2D eigenvalue weighted by atomic mass is 79.9. The number of hydrazine groups is 1. The third-order valence-corrected chi connectivity index (χ3v) is 4.72. The van der Waals surface area contributed by atoms with Crippen LogP contribution >= 0.6 is 15.9 Å². The number of nitrogens with two attached hydrogens (primary N) is 1. The molecule has 3 unspecified atom stereocenters. The van der Waals surface area contributed by atoms with Crippen LogP contribution in [0.25, 0.3) is 0 Å². The molecule has 1 aromatic rings. The number of nitrogens with zero attached hydrogens (tertiary/aromatic N) is 2. The molecule has 0 aromatic carbocycles. The van der Waals surface area contributed by atoms with E-state index >= 15 is 0 Å². The fraction of sp³-hybridized carbons (Fsp3) is 0.750. The van der Waals surface area contributed by atoms with Gasteiger partial charge in [0.05, 0.1) is 28.6 Å². The van der Waals surface area contributed by atoms with E-state index in [9.17, 15) is 0 Å². The molecule has 1 aliphatic rings. The molecule has 2 rings (SSSR count). The molecular weight excluding hydrogens is 296 g/mol. The first-order valence-corrected chi connectivity index (χ1v) is 7.08. The number of ether oxygens (including phenoxy) is 1. The molecular formula is C12H21BrN4O. The van der Waals surface area contributed by atoms with E-state index in [1.807, 2.05) is 18.7 Å². The summed E-state index contributed by atoms with van der Waals surface area (Å²) in [5, 5.41) is 4.41. The summed E-state index contributed by atoms with van der Waals surface area (Å²) in [7, 11) is 1.97. The number of rotatable bonds is 4. The van der Waals surface area contributed by atoms with Crippen LogP contribution in [0.3, 0.4) is 0 Å². The van der Waals surface area contributed by atoms with Crippen LogP contribution in [-0.2, 0) is 18.2 Å². The van der Waals surface area contributed by atoms with Gasteiger partial charge < -0.3 is 4.74 Å². The predicted molar refractivity (Wildman–Crippen MR) is 74.0 cm³/mol. The molecule has 1 fully saturated rings. The minimum Gasteiger partial charge on any atom is -0.378 e. The quantitative estimate of drug-likeness (QED) is 0.649. The monoisotopic (exact) mass is 316 g/mol. The van der Waals surface area contributed by atoms with Gasteiger partial charge in [-0.3, -0.25) is 16.0 Å². The molecule has 3 N–H and O–H groups in total. The van der Waals surface area contributed by atoms with Gasteiger partial charge in [-0.25, -0.2) is 0 Å². The number of aryl methyl sites for hydroxylation is 2. The van der Waals surface area contributed by atoms with Crippen molar-refractivity contribution in [1.29, 1.82) is 0 Å². The molecule has 2 heterocycles. The third-order valence-electron chi connectivity index (χ3n) is 3.69. The Bertz CT molecular complexity index is 420. The molecule has 0 bridgehead atoms. The van der Waals surface area contributed by atoms with Crippen molar-refractivity contribution >= 4 is 15.9 Å². The van der Waals surface area contributed by atoms with Crippen LogP contribution in [0.4, 0.5) is 0 Å². The molecule has 1 aliphatic heterocycles. The van der Waals surface area contributed by atoms with E-state index < -0.39 is 0 Å². The predicted octanol–water partition coefficient (Wildman–Crippen LogP) is 1.29. The fourth-order valence-electron chi connectivity index (χ4n) is 2.60. The summed E-state index contributed by atoms with van der Waals surface area (Å²) in [5.41, 5.74) is 5.12. The van der Waals surface area contributed by atoms with Crippen LogP contribution < -0.4 is 11.3 Å². The second-order valence-corrected chi connectivity index (χ2v) is 5.88. The molecule has 3 atom stereocenters. The minimum atomic E-state index is 0.223. The zero-order chi connectivity index (χ0) is 13.3. The van der Waals surface area contributed by atoms with Gasteiger partial charge in [0.25, 0.3) is 0 Å². The second kappa shape index (κ2) is 5.69. The number of hydrogen-bond donors (Lipinski definition) is 2. The van der Waals surface area contributed by atoms with Crippen molar-refractivity contribution in [2.45, 2.75) is 38.8 Å². The smallest absolute Gasteiger partial charge is 0.0738 e. The largest absolute Gasteiger partial charge is 0.378 e. The van der Waals surface area contributed by atoms with E-state index in [1.165, 1.54) is 5.69 Å². The highest BCUT2D eigenvalue weighted by molar-refractivity contribution is 9.10. The average molecular weight is 317 g/mol. The Morgan fingerprint density at radius 2 is 2.39 bits per heavy atom. The van der Waals surface area contributed by atoms with Gasteiger partial charge >= 0.3 is 0 Å². The summed E-state index contributed by atoms with van der Waals surface area (Å²) in [6, 6.07) is 0.223. The standard InChI is InChI=1S/C12H21BrN4O/c1-7-4-9(6-18-7)10(15-14)5-11-12(13)8(2)16-17(11)3/h7,9-10,15H,4-6,14H2,1-3H3. The molecule has 0 radical (unpaired) electrons. The van der Waals surface area contributed by atoms with Crippen LogP contribution in [0.1, 0.15) is 24.7 Å². The van der Waals surface area contributed by atoms with Gasteiger partial charge in [0.1, 0.15) is 0 Å². The van der Waals surface area contributed by atoms with E-state index in [0.717, 1.165) is 29.6 Å². The van der Waals surface area contributed by atoms with Crippen LogP contribution in [-0.4, -0.2) is 28.5 Å². The van der Waals surface area contributed by atoms with Crippen molar-refractivity contribution < 1.29 is 4.74 Å². The van der Waals surface area contributed by atoms with Gasteiger partial charge in [0, 0.05) is 25.4 Å². The first-order chi connectivity index (χ1) is 8.52. The van der Waals surface area contributed by atoms with Crippen molar-refractivity contribution in [3.05, 3.63) is 15.9 Å². The van der Waals surface area contributed by atoms with Crippen molar-refractivity contribution in [1.82, 2.24) is 15.2 Å². The molecule has 1 aromatic heterocycles. The van der Waals surface area contributed by atoms with Gasteiger partial charge in [-0.1, -0.05) is 0 Å². The van der Waals surface area contributed by atoms with E-state index in [2.05, 4.69) is 33.4 Å². The van der Waals surface area contributed by atoms with Gasteiger partial charge in [0.15, 0.2) is 0 Å². The summed E-state index contributed by atoms with van der Waals surface area (Å²) < 4.78 is 8.62. The SMILES string of the molecule is Cc1nn(C)c(CC(NN)C2COC(C)C2)c1Br. The maximum Gasteiger partial charge on any atom is 0.0738 e. The molecule has 1 saturated heterocycles. The van der Waals surface area contributed by atoms with Crippen molar-refractivity contribution in [2.75, 3.05) is 6.61 Å². The first-order valence-electron chi connectivity index (χ1n) is 6.28. The van der Waals surface area contributed by atoms with Gasteiger partial charge in [-0.15, -0.1) is 0 Å². The normalized spacial score (nSPS) is 25.6. The third kappa shape index (κ3) is 2.77. The van der Waals surface area contributed by atoms with Crippen LogP contribution in [0.15, 0.2) is 4.47 Å². The lowest BCUT2D eigenvalue weighted by atomic mass is 9.93. The zero-order valence-corrected chi connectivity index (χ0v) is 12.7. The summed E-state index contributed by atoms with van der Waals surface area (Å²) in [6.45, 7) is 4.89. The van der Waals surface area contributed by atoms with Crippen LogP contribution in [0.5, 0.6) is 0 Å². The van der Waals surface area contributed by atoms with Gasteiger partial charge in [-0.2, -0.15) is 5.10 Å². The average Bonchev–Trinajstić information content (AvgIpc) is 2.84. The summed E-state index contributed by atoms with van der Waals surface area (Å²) >= 11 is 3.60. The van der Waals surface area contributed by atoms with Gasteiger partial charge in [0.2, 0.25) is 0 Å². The molecule has 5 nitrogen and oxygen atoms in total. The number of aromatic nitrogens is 2. The van der Waals surface area contributed by atoms with E-state index in [-0.39, 0.29) is 6.04 Å². The molecule has 0 saturated carbocycles. The molecule has 18 heavy (non-hydrogen) atoms. The van der Waals surface area contributed by atoms with Crippen LogP contribution in [0.2, 0.25) is 0 Å². The van der Waals surface area contributed by atoms with Crippen LogP contribution in [0, 0.1) is 12.8 Å². The summed E-state index contributed by atoms with van der Waals surface area (Å²) in [4.78, 5) is 0. The summed E-state index contributed by atoms with van der Waals surface area (Å²) in [5.74, 6) is 6.17. The van der Waals surface area contributed by atoms with Gasteiger partial charge in [-0.05, 0) is 36.2 Å². The number of nitrogens with one attached hydrogen (secondary N) is 1. The molecule has 0 aliphatic carbocycles. The summed E-state index contributed by atoms with van der Waals surface area (Å²) in [6.07, 6.45) is 2.25. The van der Waals surface area contributed by atoms with Crippen molar-refractivity contribution in [3.8, 4) is 0 Å². The second-order valence-electron chi connectivity index (χ2n) is 5.09. The number of hydrogen-bond acceptors (Lipinski definition) is 4. The Morgan fingerprint density at radius 1 is 1.67 bits per heavy atom. The topological polar surface area (TPSA) is 65.1 Å². The Morgan fingerprint density at radius 3 is 2.83 bits per heavy atom. The van der Waals surface area contributed by atoms with E-state index in [0.29, 0.717) is 12.0 Å². The lowest BCUT2D eigenvalue weighted by Gasteiger charge is -2.21. The van der Waals surface area contributed by atoms with Crippen molar-refractivity contribution in [3.63, 3.8) is 0 Å². The first kappa shape index (κ1) is 14.0. The molecule has 0 amide bonds. The van der Waals surface area contributed by atoms with E-state index in [1.54, 1.807) is 0 Å². The van der Waals surface area contributed by atoms with Crippen molar-refractivity contribution in [2.24, 2.45) is 18.8 Å². The Labute approximate surface area is 116 Å². The fourth-order valence-corrected chi connectivity index (χ4v) is 3.10. The highest BCUT2D eigenvalue weighted by Gasteiger charge is 2.30. The maximum atomic E-state index is 5.70. The van der Waals surface area contributed by atoms with E-state index in [4.69, 9.17) is 10.6 Å². The number of halogens is 1. The molecule has 102 valence electrons. The Kier molecular flexibility index (Phi) is 4.42. The zero-order valence-electron chi connectivity index (χ0n) is 11.1.